The topological polar surface area (TPSA) is 118 Å². The van der Waals surface area contributed by atoms with Crippen LogP contribution in [-0.4, -0.2) is 22.4 Å². The maximum atomic E-state index is 14.2. The Hall–Kier alpha value is -5.30. The Bertz CT molecular complexity index is 1960. The molecule has 0 aliphatic heterocycles. The van der Waals surface area contributed by atoms with Crippen molar-refractivity contribution in [2.75, 3.05) is 5.73 Å². The first kappa shape index (κ1) is 26.9. The molecular weight excluding hydrogens is 576 g/mol. The minimum atomic E-state index is -4.90. The minimum Gasteiger partial charge on any atom is -0.539 e. The Morgan fingerprint density at radius 2 is 1.69 bits per heavy atom. The van der Waals surface area contributed by atoms with Gasteiger partial charge in [0.25, 0.3) is 5.78 Å². The molecule has 6 rings (SSSR count). The summed E-state index contributed by atoms with van der Waals surface area (Å²) >= 11 is 0.927. The number of hydrogen-bond donors (Lipinski definition) is 1. The molecule has 3 aromatic carbocycles. The molecule has 2 N–H and O–H groups in total. The quantitative estimate of drug-likeness (QED) is 0.147. The van der Waals surface area contributed by atoms with E-state index in [1.54, 1.807) is 18.2 Å². The lowest BCUT2D eigenvalue weighted by atomic mass is 9.99. The van der Waals surface area contributed by atoms with Crippen molar-refractivity contribution >= 4 is 33.0 Å². The highest BCUT2D eigenvalue weighted by molar-refractivity contribution is 7.21. The van der Waals surface area contributed by atoms with E-state index in [1.807, 2.05) is 30.3 Å². The van der Waals surface area contributed by atoms with Crippen molar-refractivity contribution in [2.45, 2.75) is 6.36 Å². The van der Waals surface area contributed by atoms with E-state index < -0.39 is 35.4 Å². The number of ether oxygens (including phenoxy) is 1. The molecule has 0 radical (unpaired) electrons. The number of nitrogens with two attached hydrogens (primary N) is 1. The Kier molecular flexibility index (Phi) is 6.58. The van der Waals surface area contributed by atoms with Gasteiger partial charge in [0.2, 0.25) is 5.69 Å². The van der Waals surface area contributed by atoms with Gasteiger partial charge in [-0.2, -0.15) is 0 Å². The van der Waals surface area contributed by atoms with Gasteiger partial charge < -0.3 is 20.1 Å². The number of fused-ring (bicyclic) bond motifs is 1. The van der Waals surface area contributed by atoms with Gasteiger partial charge in [-0.1, -0.05) is 42.5 Å². The highest BCUT2D eigenvalue weighted by atomic mass is 32.1. The summed E-state index contributed by atoms with van der Waals surface area (Å²) in [6.45, 7) is 0. The zero-order valence-corrected chi connectivity index (χ0v) is 21.9. The van der Waals surface area contributed by atoms with Gasteiger partial charge in [-0.25, -0.2) is 9.37 Å². The Morgan fingerprint density at radius 1 is 0.976 bits per heavy atom. The zero-order valence-electron chi connectivity index (χ0n) is 21.1. The fraction of sp³-hybridized carbons (Fsp3) is 0.0345. The van der Waals surface area contributed by atoms with Crippen LogP contribution < -0.4 is 20.3 Å². The van der Waals surface area contributed by atoms with E-state index in [0.29, 0.717) is 27.0 Å². The van der Waals surface area contributed by atoms with Gasteiger partial charge in [0, 0.05) is 23.1 Å². The normalized spacial score (nSPS) is 11.6. The lowest BCUT2D eigenvalue weighted by Crippen LogP contribution is -2.39. The number of alkyl halides is 3. The number of carbonyl (C=O) groups is 1. The number of ketones is 1. The Morgan fingerprint density at radius 3 is 2.38 bits per heavy atom. The number of rotatable bonds is 6. The number of nitrogens with zero attached hydrogens (tertiary/aromatic N) is 3. The van der Waals surface area contributed by atoms with Crippen LogP contribution in [0.25, 0.3) is 38.3 Å². The number of benzene rings is 3. The summed E-state index contributed by atoms with van der Waals surface area (Å²) in [7, 11) is 0. The third-order valence-electron chi connectivity index (χ3n) is 6.25. The fourth-order valence-corrected chi connectivity index (χ4v) is 5.50. The summed E-state index contributed by atoms with van der Waals surface area (Å²) in [4.78, 5) is 18.8. The summed E-state index contributed by atoms with van der Waals surface area (Å²) in [6.07, 6.45) is -4.90. The van der Waals surface area contributed by atoms with Crippen LogP contribution in [-0.2, 0) is 0 Å². The second kappa shape index (κ2) is 10.3. The van der Waals surface area contributed by atoms with Crippen molar-refractivity contribution in [2.24, 2.45) is 0 Å². The van der Waals surface area contributed by atoms with Crippen molar-refractivity contribution in [3.63, 3.8) is 0 Å². The van der Waals surface area contributed by atoms with Crippen LogP contribution in [0.4, 0.5) is 23.2 Å². The number of carbonyl (C=O) groups excluding carboxylic acids is 1. The van der Waals surface area contributed by atoms with Crippen molar-refractivity contribution in [3.8, 4) is 39.8 Å². The van der Waals surface area contributed by atoms with E-state index in [9.17, 15) is 27.5 Å². The van der Waals surface area contributed by atoms with E-state index >= 15 is 0 Å². The number of anilines is 1. The second-order valence-electron chi connectivity index (χ2n) is 8.95. The number of thiophene rings is 1. The monoisotopic (exact) mass is 592 g/mol. The Balaban J connectivity index is 1.48. The molecule has 3 heterocycles. The van der Waals surface area contributed by atoms with Crippen LogP contribution in [0, 0.1) is 5.82 Å². The molecule has 0 amide bonds. The largest absolute Gasteiger partial charge is 0.573 e. The lowest BCUT2D eigenvalue weighted by Gasteiger charge is -2.09. The van der Waals surface area contributed by atoms with Crippen LogP contribution >= 0.6 is 11.3 Å². The molecule has 210 valence electrons. The van der Waals surface area contributed by atoms with E-state index in [2.05, 4.69) is 10.0 Å². The highest BCUT2D eigenvalue weighted by Gasteiger charge is 2.34. The molecular formula is C29H16F4N4O4S. The maximum absolute atomic E-state index is 14.2. The van der Waals surface area contributed by atoms with Crippen molar-refractivity contribution in [3.05, 3.63) is 101 Å². The molecule has 0 aliphatic rings. The average Bonchev–Trinajstić information content (AvgIpc) is 3.52. The number of nitrogen functional groups attached to an aromatic ring is 1. The molecule has 42 heavy (non-hydrogen) atoms. The molecule has 3 aromatic heterocycles. The third-order valence-corrected chi connectivity index (χ3v) is 7.35. The second-order valence-corrected chi connectivity index (χ2v) is 9.95. The molecule has 0 spiro atoms. The summed E-state index contributed by atoms with van der Waals surface area (Å²) in [5, 5.41) is 16.6. The van der Waals surface area contributed by atoms with Gasteiger partial charge in [0.05, 0.1) is 16.7 Å². The van der Waals surface area contributed by atoms with Crippen molar-refractivity contribution in [1.29, 1.82) is 0 Å². The van der Waals surface area contributed by atoms with Crippen molar-refractivity contribution < 1.29 is 41.4 Å². The van der Waals surface area contributed by atoms with Gasteiger partial charge >= 0.3 is 12.1 Å². The first-order valence-electron chi connectivity index (χ1n) is 12.1. The molecule has 13 heteroatoms. The molecule has 0 atom stereocenters. The lowest BCUT2D eigenvalue weighted by molar-refractivity contribution is -0.672. The van der Waals surface area contributed by atoms with E-state index in [0.717, 1.165) is 33.7 Å². The first-order chi connectivity index (χ1) is 20.1. The highest BCUT2D eigenvalue weighted by Crippen LogP contribution is 2.42. The SMILES string of the molecule is Nc1c(C(=O)c2c([O-])on[n+]2-c2ccc(OC(F)(F)F)cc2)sc2nc(-c3ccccc3)cc(-c3cccc(F)c3)c12. The van der Waals surface area contributed by atoms with Crippen molar-refractivity contribution in [1.82, 2.24) is 10.3 Å². The van der Waals surface area contributed by atoms with Gasteiger partial charge in [0.1, 0.15) is 21.3 Å². The van der Waals surface area contributed by atoms with Crippen LogP contribution in [0.15, 0.2) is 89.5 Å². The van der Waals surface area contributed by atoms with Gasteiger partial charge in [-0.3, -0.25) is 4.79 Å². The van der Waals surface area contributed by atoms with Gasteiger partial charge in [0.15, 0.2) is 5.95 Å². The molecule has 0 fully saturated rings. The van der Waals surface area contributed by atoms with Gasteiger partial charge in [-0.15, -0.1) is 24.5 Å². The Labute approximate surface area is 237 Å². The summed E-state index contributed by atoms with van der Waals surface area (Å²) < 4.78 is 61.4. The number of pyridine rings is 1. The predicted molar refractivity (Wildman–Crippen MR) is 142 cm³/mol. The molecule has 6 aromatic rings. The molecule has 0 saturated heterocycles. The van der Waals surface area contributed by atoms with E-state index in [-0.39, 0.29) is 16.3 Å². The standard InChI is InChI=1S/C29H16F4N4O4S/c30-17-8-4-7-16(13-17)20-14-21(15-5-2-1-3-6-15)35-27-22(20)23(34)26(42-27)25(38)24-28(39)41-36-37(24)18-9-11-19(12-10-18)40-29(31,32)33/h1-14H,(H2-,34,36,38,39). The number of halogens is 4. The van der Waals surface area contributed by atoms with E-state index in [4.69, 9.17) is 15.2 Å². The molecule has 0 bridgehead atoms. The maximum Gasteiger partial charge on any atom is 0.573 e. The average molecular weight is 593 g/mol. The summed E-state index contributed by atoms with van der Waals surface area (Å²) in [6, 6.07) is 21.2. The third kappa shape index (κ3) is 5.01. The smallest absolute Gasteiger partial charge is 0.539 e. The van der Waals surface area contributed by atoms with Gasteiger partial charge in [-0.05, 0) is 46.1 Å². The number of hydrogen-bond acceptors (Lipinski definition) is 8. The molecule has 0 saturated carbocycles. The van der Waals surface area contributed by atoms with Crippen LogP contribution in [0.3, 0.4) is 0 Å². The molecule has 8 nitrogen and oxygen atoms in total. The summed E-state index contributed by atoms with van der Waals surface area (Å²) in [5.74, 6) is -2.92. The number of aromatic nitrogens is 3. The van der Waals surface area contributed by atoms with Crippen LogP contribution in [0.1, 0.15) is 15.4 Å². The fourth-order valence-electron chi connectivity index (χ4n) is 4.44. The minimum absolute atomic E-state index is 0.00690. The molecule has 0 aliphatic carbocycles. The summed E-state index contributed by atoms with van der Waals surface area (Å²) in [5.41, 5.74) is 8.37. The van der Waals surface area contributed by atoms with Crippen LogP contribution in [0.2, 0.25) is 0 Å². The first-order valence-corrected chi connectivity index (χ1v) is 12.9. The molecule has 0 unspecified atom stereocenters. The van der Waals surface area contributed by atoms with E-state index in [1.165, 1.54) is 24.3 Å². The van der Waals surface area contributed by atoms with Crippen LogP contribution in [0.5, 0.6) is 11.7 Å². The predicted octanol–water partition coefficient (Wildman–Crippen LogP) is 5.82. The zero-order chi connectivity index (χ0) is 29.6.